The molecular formula is C12H14ClN3O2S. The van der Waals surface area contributed by atoms with Gasteiger partial charge in [-0.3, -0.25) is 4.68 Å². The molecule has 0 saturated carbocycles. The third-order valence-electron chi connectivity index (χ3n) is 3.10. The molecule has 0 aliphatic carbocycles. The van der Waals surface area contributed by atoms with Crippen molar-refractivity contribution in [3.05, 3.63) is 38.0 Å². The number of halogens is 1. The van der Waals surface area contributed by atoms with E-state index in [0.29, 0.717) is 21.2 Å². The number of hydrogen-bond acceptors (Lipinski definition) is 3. The number of nitrogens with zero attached hydrogens (tertiary/aromatic N) is 3. The molecule has 0 N–H and O–H groups in total. The first kappa shape index (κ1) is 13.9. The Morgan fingerprint density at radius 1 is 1.26 bits per heavy atom. The van der Waals surface area contributed by atoms with Gasteiger partial charge in [-0.05, 0) is 30.8 Å². The molecule has 0 spiro atoms. The molecule has 0 fully saturated rings. The molecule has 0 aliphatic rings. The molecule has 19 heavy (non-hydrogen) atoms. The van der Waals surface area contributed by atoms with Gasteiger partial charge in [0.15, 0.2) is 0 Å². The first-order valence-electron chi connectivity index (χ1n) is 5.58. The summed E-state index contributed by atoms with van der Waals surface area (Å²) in [5, 5.41) is 0.503. The maximum atomic E-state index is 12.2. The van der Waals surface area contributed by atoms with Gasteiger partial charge in [-0.2, -0.15) is 0 Å². The lowest BCUT2D eigenvalue weighted by Gasteiger charge is -2.10. The third kappa shape index (κ3) is 2.11. The number of methoxy groups -OCH3 is 1. The van der Waals surface area contributed by atoms with Crippen LogP contribution in [0, 0.1) is 11.7 Å². The highest BCUT2D eigenvalue weighted by molar-refractivity contribution is 7.71. The van der Waals surface area contributed by atoms with Gasteiger partial charge in [-0.15, -0.1) is 0 Å². The molecule has 0 saturated heterocycles. The molecule has 7 heteroatoms. The van der Waals surface area contributed by atoms with Crippen LogP contribution in [0.4, 0.5) is 0 Å². The van der Waals surface area contributed by atoms with E-state index in [-0.39, 0.29) is 5.69 Å². The lowest BCUT2D eigenvalue weighted by Crippen LogP contribution is -2.23. The molecule has 1 aromatic heterocycles. The van der Waals surface area contributed by atoms with Gasteiger partial charge in [0.05, 0.1) is 17.8 Å². The van der Waals surface area contributed by atoms with Crippen LogP contribution in [0.5, 0.6) is 5.75 Å². The molecule has 5 nitrogen and oxygen atoms in total. The van der Waals surface area contributed by atoms with Crippen LogP contribution in [-0.4, -0.2) is 21.0 Å². The van der Waals surface area contributed by atoms with Gasteiger partial charge in [0.25, 0.3) is 0 Å². The highest BCUT2D eigenvalue weighted by Gasteiger charge is 2.14. The zero-order valence-electron chi connectivity index (χ0n) is 11.1. The molecule has 0 amide bonds. The summed E-state index contributed by atoms with van der Waals surface area (Å²) in [6, 6.07) is 3.47. The number of aromatic nitrogens is 3. The lowest BCUT2D eigenvalue weighted by molar-refractivity contribution is 0.414. The Balaban J connectivity index is 2.84. The summed E-state index contributed by atoms with van der Waals surface area (Å²) in [5.74, 6) is 0.509. The summed E-state index contributed by atoms with van der Waals surface area (Å²) in [6.07, 6.45) is 0. The van der Waals surface area contributed by atoms with Crippen molar-refractivity contribution in [3.63, 3.8) is 0 Å². The molecule has 0 unspecified atom stereocenters. The Hall–Kier alpha value is -1.53. The van der Waals surface area contributed by atoms with E-state index in [1.54, 1.807) is 30.9 Å². The predicted octanol–water partition coefficient (Wildman–Crippen LogP) is 2.21. The number of ether oxygens (including phenoxy) is 1. The average molecular weight is 300 g/mol. The van der Waals surface area contributed by atoms with Crippen LogP contribution in [0.3, 0.4) is 0 Å². The quantitative estimate of drug-likeness (QED) is 0.799. The Bertz CT molecular complexity index is 724. The second-order valence-corrected chi connectivity index (χ2v) is 4.99. The summed E-state index contributed by atoms with van der Waals surface area (Å²) < 4.78 is 10.1. The molecule has 0 radical (unpaired) electrons. The fraction of sp³-hybridized carbons (Fsp3) is 0.333. The SMILES string of the molecule is COc1cc(-n2c(=O)n(C)n(C)c2=S)c(C)cc1Cl. The van der Waals surface area contributed by atoms with Gasteiger partial charge in [0.1, 0.15) is 5.75 Å². The topological polar surface area (TPSA) is 41.1 Å². The Kier molecular flexibility index (Phi) is 3.56. The van der Waals surface area contributed by atoms with Crippen molar-refractivity contribution in [2.45, 2.75) is 6.92 Å². The summed E-state index contributed by atoms with van der Waals surface area (Å²) in [7, 11) is 4.93. The maximum absolute atomic E-state index is 12.2. The zero-order valence-corrected chi connectivity index (χ0v) is 12.7. The molecule has 0 aliphatic heterocycles. The summed E-state index contributed by atoms with van der Waals surface area (Å²) in [6.45, 7) is 1.87. The van der Waals surface area contributed by atoms with E-state index in [2.05, 4.69) is 0 Å². The van der Waals surface area contributed by atoms with Crippen LogP contribution in [0.15, 0.2) is 16.9 Å². The normalized spacial score (nSPS) is 10.8. The van der Waals surface area contributed by atoms with Crippen molar-refractivity contribution in [1.29, 1.82) is 0 Å². The summed E-state index contributed by atoms with van der Waals surface area (Å²) in [4.78, 5) is 12.2. The molecule has 102 valence electrons. The highest BCUT2D eigenvalue weighted by Crippen LogP contribution is 2.29. The van der Waals surface area contributed by atoms with E-state index < -0.39 is 0 Å². The molecule has 1 aromatic carbocycles. The minimum atomic E-state index is -0.208. The van der Waals surface area contributed by atoms with Crippen molar-refractivity contribution in [2.75, 3.05) is 7.11 Å². The Morgan fingerprint density at radius 2 is 1.89 bits per heavy atom. The van der Waals surface area contributed by atoms with E-state index >= 15 is 0 Å². The van der Waals surface area contributed by atoms with Gasteiger partial charge in [-0.1, -0.05) is 11.6 Å². The molecule has 0 bridgehead atoms. The van der Waals surface area contributed by atoms with Crippen LogP contribution in [0.25, 0.3) is 5.69 Å². The second-order valence-electron chi connectivity index (χ2n) is 4.22. The van der Waals surface area contributed by atoms with Gasteiger partial charge in [0.2, 0.25) is 4.77 Å². The molecule has 2 rings (SSSR count). The Labute approximate surface area is 120 Å². The van der Waals surface area contributed by atoms with Crippen molar-refractivity contribution in [3.8, 4) is 11.4 Å². The smallest absolute Gasteiger partial charge is 0.349 e. The zero-order chi connectivity index (χ0) is 14.3. The van der Waals surface area contributed by atoms with Crippen molar-refractivity contribution >= 4 is 23.8 Å². The van der Waals surface area contributed by atoms with Gasteiger partial charge in [-0.25, -0.2) is 14.0 Å². The molecular weight excluding hydrogens is 286 g/mol. The fourth-order valence-electron chi connectivity index (χ4n) is 1.87. The van der Waals surface area contributed by atoms with E-state index in [1.165, 1.54) is 16.4 Å². The van der Waals surface area contributed by atoms with Crippen LogP contribution < -0.4 is 10.4 Å². The fourth-order valence-corrected chi connectivity index (χ4v) is 2.47. The van der Waals surface area contributed by atoms with E-state index in [4.69, 9.17) is 28.6 Å². The van der Waals surface area contributed by atoms with Crippen LogP contribution in [0.1, 0.15) is 5.56 Å². The number of rotatable bonds is 2. The van der Waals surface area contributed by atoms with E-state index in [9.17, 15) is 4.79 Å². The van der Waals surface area contributed by atoms with Crippen LogP contribution >= 0.6 is 23.8 Å². The van der Waals surface area contributed by atoms with Gasteiger partial charge >= 0.3 is 5.69 Å². The average Bonchev–Trinajstić information content (AvgIpc) is 2.55. The monoisotopic (exact) mass is 299 g/mol. The van der Waals surface area contributed by atoms with Gasteiger partial charge in [0, 0.05) is 20.2 Å². The summed E-state index contributed by atoms with van der Waals surface area (Å²) >= 11 is 11.3. The van der Waals surface area contributed by atoms with Gasteiger partial charge < -0.3 is 4.74 Å². The lowest BCUT2D eigenvalue weighted by atomic mass is 10.2. The standard InChI is InChI=1S/C12H14ClN3O2S/c1-7-5-8(13)10(18-4)6-9(7)16-11(17)14(2)15(3)12(16)19/h5-6H,1-4H3. The van der Waals surface area contributed by atoms with E-state index in [0.717, 1.165) is 5.56 Å². The predicted molar refractivity (Wildman–Crippen MR) is 77.1 cm³/mol. The first-order chi connectivity index (χ1) is 8.88. The molecule has 0 atom stereocenters. The molecule has 2 aromatic rings. The number of hydrogen-bond donors (Lipinski definition) is 0. The minimum absolute atomic E-state index is 0.208. The van der Waals surface area contributed by atoms with Crippen LogP contribution in [0.2, 0.25) is 5.02 Å². The summed E-state index contributed by atoms with van der Waals surface area (Å²) in [5.41, 5.74) is 1.32. The van der Waals surface area contributed by atoms with Crippen molar-refractivity contribution in [2.24, 2.45) is 14.1 Å². The van der Waals surface area contributed by atoms with E-state index in [1.807, 2.05) is 6.92 Å². The van der Waals surface area contributed by atoms with Crippen molar-refractivity contribution < 1.29 is 4.74 Å². The second kappa shape index (κ2) is 4.86. The number of aryl methyl sites for hydroxylation is 1. The van der Waals surface area contributed by atoms with Crippen molar-refractivity contribution in [1.82, 2.24) is 13.9 Å². The highest BCUT2D eigenvalue weighted by atomic mass is 35.5. The number of benzene rings is 1. The minimum Gasteiger partial charge on any atom is -0.495 e. The maximum Gasteiger partial charge on any atom is 0.349 e. The largest absolute Gasteiger partial charge is 0.495 e. The molecule has 1 heterocycles. The Morgan fingerprint density at radius 3 is 2.37 bits per heavy atom. The third-order valence-corrected chi connectivity index (χ3v) is 3.84. The van der Waals surface area contributed by atoms with Crippen LogP contribution in [-0.2, 0) is 14.1 Å². The first-order valence-corrected chi connectivity index (χ1v) is 6.36.